The van der Waals surface area contributed by atoms with E-state index < -0.39 is 24.3 Å². The maximum atomic E-state index is 11.6. The number of rotatable bonds is 2. The molecule has 2 heterocycles. The van der Waals surface area contributed by atoms with Gasteiger partial charge in [0.1, 0.15) is 11.4 Å². The first-order valence-electron chi connectivity index (χ1n) is 6.37. The molecule has 0 aliphatic carbocycles. The highest BCUT2D eigenvalue weighted by Gasteiger charge is 2.51. The van der Waals surface area contributed by atoms with Crippen LogP contribution < -0.4 is 11.2 Å². The summed E-state index contributed by atoms with van der Waals surface area (Å²) in [5.41, 5.74) is 5.62. The molecule has 20 heavy (non-hydrogen) atoms. The number of anilines is 1. The van der Waals surface area contributed by atoms with Crippen molar-refractivity contribution in [3.05, 3.63) is 17.8 Å². The van der Waals surface area contributed by atoms with Gasteiger partial charge in [0.25, 0.3) is 0 Å². The predicted octanol–water partition coefficient (Wildman–Crippen LogP) is 0.750. The Morgan fingerprint density at radius 3 is 2.35 bits per heavy atom. The molecule has 0 aromatic carbocycles. The topological polar surface area (TPSA) is 83.7 Å². The summed E-state index contributed by atoms with van der Waals surface area (Å²) in [6.45, 7) is 7.83. The number of carbonyl (C=O) groups is 1. The van der Waals surface area contributed by atoms with Crippen molar-refractivity contribution < 1.29 is 18.8 Å². The second-order valence-electron chi connectivity index (χ2n) is 5.78. The van der Waals surface area contributed by atoms with Crippen LogP contribution in [0, 0.1) is 0 Å². The van der Waals surface area contributed by atoms with Crippen LogP contribution in [0.3, 0.4) is 0 Å². The van der Waals surface area contributed by atoms with Gasteiger partial charge in [0.05, 0.1) is 18.3 Å². The number of aromatic nitrogens is 1. The van der Waals surface area contributed by atoms with Crippen LogP contribution in [0.15, 0.2) is 12.3 Å². The molecule has 0 amide bonds. The zero-order valence-electron chi connectivity index (χ0n) is 12.4. The number of carbonyl (C=O) groups excluding carboxylic acids is 1. The van der Waals surface area contributed by atoms with Gasteiger partial charge >= 0.3 is 13.1 Å². The van der Waals surface area contributed by atoms with E-state index in [0.717, 1.165) is 0 Å². The lowest BCUT2D eigenvalue weighted by molar-refractivity contribution is 0.00578. The van der Waals surface area contributed by atoms with E-state index >= 15 is 0 Å². The molecule has 1 fully saturated rings. The molecule has 0 atom stereocenters. The van der Waals surface area contributed by atoms with Crippen molar-refractivity contribution >= 4 is 24.4 Å². The first kappa shape index (κ1) is 14.8. The minimum atomic E-state index is -0.587. The second-order valence-corrected chi connectivity index (χ2v) is 5.78. The van der Waals surface area contributed by atoms with Gasteiger partial charge in [-0.05, 0) is 33.8 Å². The van der Waals surface area contributed by atoms with Crippen molar-refractivity contribution in [3.8, 4) is 0 Å². The molecule has 1 aromatic heterocycles. The fourth-order valence-corrected chi connectivity index (χ4v) is 1.87. The number of methoxy groups -OCH3 is 1. The quantitative estimate of drug-likeness (QED) is 0.635. The van der Waals surface area contributed by atoms with Crippen molar-refractivity contribution in [3.63, 3.8) is 0 Å². The molecule has 0 radical (unpaired) electrons. The lowest BCUT2D eigenvalue weighted by Gasteiger charge is -2.32. The molecule has 0 spiro atoms. The third-order valence-electron chi connectivity index (χ3n) is 3.87. The number of esters is 1. The molecule has 1 aliphatic rings. The van der Waals surface area contributed by atoms with Crippen LogP contribution in [0.1, 0.15) is 38.1 Å². The van der Waals surface area contributed by atoms with Crippen molar-refractivity contribution in [1.29, 1.82) is 0 Å². The second kappa shape index (κ2) is 4.75. The summed E-state index contributed by atoms with van der Waals surface area (Å²) >= 11 is 0. The van der Waals surface area contributed by atoms with Crippen LogP contribution >= 0.6 is 0 Å². The van der Waals surface area contributed by atoms with Gasteiger partial charge in [-0.3, -0.25) is 0 Å². The average molecular weight is 278 g/mol. The van der Waals surface area contributed by atoms with E-state index in [9.17, 15) is 4.79 Å². The molecule has 2 rings (SSSR count). The molecule has 1 saturated heterocycles. The van der Waals surface area contributed by atoms with Crippen LogP contribution in [0.4, 0.5) is 5.82 Å². The highest BCUT2D eigenvalue weighted by molar-refractivity contribution is 6.62. The number of ether oxygens (including phenoxy) is 1. The van der Waals surface area contributed by atoms with E-state index in [-0.39, 0.29) is 11.4 Å². The van der Waals surface area contributed by atoms with E-state index in [1.807, 2.05) is 27.7 Å². The fourth-order valence-electron chi connectivity index (χ4n) is 1.87. The third-order valence-corrected chi connectivity index (χ3v) is 3.87. The Labute approximate surface area is 118 Å². The Morgan fingerprint density at radius 1 is 1.30 bits per heavy atom. The summed E-state index contributed by atoms with van der Waals surface area (Å²) in [5, 5.41) is 0. The zero-order chi connectivity index (χ0) is 15.1. The average Bonchev–Trinajstić information content (AvgIpc) is 2.58. The SMILES string of the molecule is COC(=O)c1cc(B2OC(C)(C)C(C)(C)O2)cnc1N. The van der Waals surface area contributed by atoms with Crippen LogP contribution in [0.5, 0.6) is 0 Å². The molecule has 0 unspecified atom stereocenters. The Kier molecular flexibility index (Phi) is 3.52. The Hall–Kier alpha value is -1.60. The van der Waals surface area contributed by atoms with Gasteiger partial charge in [0.15, 0.2) is 0 Å². The smallest absolute Gasteiger partial charge is 0.465 e. The van der Waals surface area contributed by atoms with Gasteiger partial charge < -0.3 is 19.8 Å². The molecule has 1 aromatic rings. The van der Waals surface area contributed by atoms with Crippen LogP contribution in [-0.2, 0) is 14.0 Å². The number of pyridine rings is 1. The summed E-state index contributed by atoms with van der Waals surface area (Å²) in [7, 11) is 0.708. The number of nitrogens with two attached hydrogens (primary N) is 1. The molecule has 108 valence electrons. The van der Waals surface area contributed by atoms with Crippen molar-refractivity contribution in [1.82, 2.24) is 4.98 Å². The van der Waals surface area contributed by atoms with Crippen LogP contribution in [0.2, 0.25) is 0 Å². The van der Waals surface area contributed by atoms with E-state index in [1.54, 1.807) is 12.3 Å². The van der Waals surface area contributed by atoms with E-state index in [0.29, 0.717) is 5.46 Å². The largest absolute Gasteiger partial charge is 0.496 e. The van der Waals surface area contributed by atoms with Gasteiger partial charge in [-0.25, -0.2) is 9.78 Å². The lowest BCUT2D eigenvalue weighted by Crippen LogP contribution is -2.41. The van der Waals surface area contributed by atoms with Gasteiger partial charge in [-0.1, -0.05) is 0 Å². The molecule has 2 N–H and O–H groups in total. The van der Waals surface area contributed by atoms with Gasteiger partial charge in [-0.2, -0.15) is 0 Å². The zero-order valence-corrected chi connectivity index (χ0v) is 12.4. The van der Waals surface area contributed by atoms with Crippen LogP contribution in [0.25, 0.3) is 0 Å². The number of hydrogen-bond donors (Lipinski definition) is 1. The van der Waals surface area contributed by atoms with E-state index in [2.05, 4.69) is 9.72 Å². The Morgan fingerprint density at radius 2 is 1.85 bits per heavy atom. The summed E-state index contributed by atoms with van der Waals surface area (Å²) in [5.74, 6) is -0.412. The molecule has 0 saturated carbocycles. The minimum absolute atomic E-state index is 0.122. The predicted molar refractivity (Wildman–Crippen MR) is 75.7 cm³/mol. The minimum Gasteiger partial charge on any atom is -0.465 e. The molecular formula is C13H19BN2O4. The molecule has 7 heteroatoms. The number of hydrogen-bond acceptors (Lipinski definition) is 6. The highest BCUT2D eigenvalue weighted by Crippen LogP contribution is 2.36. The van der Waals surface area contributed by atoms with E-state index in [4.69, 9.17) is 15.0 Å². The van der Waals surface area contributed by atoms with Crippen molar-refractivity contribution in [2.24, 2.45) is 0 Å². The molecule has 1 aliphatic heterocycles. The fraction of sp³-hybridized carbons (Fsp3) is 0.538. The maximum Gasteiger partial charge on any atom is 0.496 e. The standard InChI is InChI=1S/C13H19BN2O4/c1-12(2)13(3,4)20-14(19-12)8-6-9(11(17)18-5)10(15)16-7-8/h6-7H,1-5H3,(H2,15,16). The normalized spacial score (nSPS) is 19.9. The first-order chi connectivity index (χ1) is 9.18. The summed E-state index contributed by atoms with van der Waals surface area (Å²) < 4.78 is 16.5. The third kappa shape index (κ3) is 2.38. The molecule has 0 bridgehead atoms. The monoisotopic (exact) mass is 278 g/mol. The summed E-state index contributed by atoms with van der Waals surface area (Å²) in [6.07, 6.45) is 1.55. The van der Waals surface area contributed by atoms with E-state index in [1.165, 1.54) is 7.11 Å². The Bertz CT molecular complexity index is 529. The number of nitrogen functional groups attached to an aromatic ring is 1. The first-order valence-corrected chi connectivity index (χ1v) is 6.37. The van der Waals surface area contributed by atoms with Gasteiger partial charge in [0, 0.05) is 11.7 Å². The van der Waals surface area contributed by atoms with Crippen molar-refractivity contribution in [2.45, 2.75) is 38.9 Å². The number of nitrogens with zero attached hydrogens (tertiary/aromatic N) is 1. The van der Waals surface area contributed by atoms with Gasteiger partial charge in [0.2, 0.25) is 0 Å². The van der Waals surface area contributed by atoms with Crippen molar-refractivity contribution in [2.75, 3.05) is 12.8 Å². The highest BCUT2D eigenvalue weighted by atomic mass is 16.7. The Balaban J connectivity index is 2.34. The summed E-state index contributed by atoms with van der Waals surface area (Å²) in [6, 6.07) is 1.59. The maximum absolute atomic E-state index is 11.6. The molecular weight excluding hydrogens is 259 g/mol. The lowest BCUT2D eigenvalue weighted by atomic mass is 9.79. The molecule has 6 nitrogen and oxygen atoms in total. The summed E-state index contributed by atoms with van der Waals surface area (Å²) in [4.78, 5) is 15.6. The van der Waals surface area contributed by atoms with Crippen LogP contribution in [-0.4, -0.2) is 36.4 Å². The van der Waals surface area contributed by atoms with Gasteiger partial charge in [-0.15, -0.1) is 0 Å².